The van der Waals surface area contributed by atoms with Gasteiger partial charge in [0.05, 0.1) is 5.69 Å². The maximum absolute atomic E-state index is 13.1. The van der Waals surface area contributed by atoms with Gasteiger partial charge in [-0.05, 0) is 43.0 Å². The molecule has 1 aromatic carbocycles. The minimum absolute atomic E-state index is 0.0592. The normalized spacial score (nSPS) is 14.4. The van der Waals surface area contributed by atoms with Gasteiger partial charge in [-0.1, -0.05) is 39.8 Å². The maximum Gasteiger partial charge on any atom is 0.202 e. The molecule has 1 unspecified atom stereocenters. The number of aromatic nitrogens is 2. The second-order valence-electron chi connectivity index (χ2n) is 9.76. The van der Waals surface area contributed by atoms with Crippen molar-refractivity contribution in [2.75, 3.05) is 13.2 Å². The van der Waals surface area contributed by atoms with Crippen LogP contribution in [-0.2, 0) is 9.53 Å². The minimum atomic E-state index is -0.716. The van der Waals surface area contributed by atoms with E-state index < -0.39 is 6.23 Å². The summed E-state index contributed by atoms with van der Waals surface area (Å²) in [5, 5.41) is 3.07. The molecule has 35 heavy (non-hydrogen) atoms. The molecular formula is C27H35N5O3. The molecule has 0 fully saturated rings. The number of benzene rings is 1. The molecule has 3 N–H and O–H groups in total. The highest BCUT2D eigenvalue weighted by atomic mass is 16.5. The smallest absolute Gasteiger partial charge is 0.202 e. The van der Waals surface area contributed by atoms with Crippen LogP contribution in [0.5, 0.6) is 0 Å². The van der Waals surface area contributed by atoms with Crippen LogP contribution in [0.25, 0.3) is 17.2 Å². The first-order chi connectivity index (χ1) is 16.6. The molecule has 1 aliphatic heterocycles. The standard InChI is InChI=1S/C27H35N5O3/c1-6-29-26(35-7-2)24(34)19-12-18-9-8-17(13-21(18)32-23(28)14-19)20-15-30-25(31-16-20)22(33)10-11-27(3,4)5/h8-9,12-13,15-16,26,29H,6-7,10-11,14H2,1-5H3,(H2,28,32). The van der Waals surface area contributed by atoms with E-state index in [1.807, 2.05) is 38.1 Å². The average molecular weight is 478 g/mol. The van der Waals surface area contributed by atoms with E-state index in [0.29, 0.717) is 36.7 Å². The van der Waals surface area contributed by atoms with Crippen molar-refractivity contribution in [3.63, 3.8) is 0 Å². The molecule has 8 nitrogen and oxygen atoms in total. The second kappa shape index (κ2) is 11.5. The number of amidine groups is 1. The highest BCUT2D eigenvalue weighted by Crippen LogP contribution is 2.32. The van der Waals surface area contributed by atoms with Crippen molar-refractivity contribution in [1.82, 2.24) is 15.3 Å². The molecule has 3 rings (SSSR count). The third kappa shape index (κ3) is 7.13. The Hall–Kier alpha value is -3.23. The number of rotatable bonds is 10. The number of Topliss-reactive ketones (excluding diaryl/α,β-unsaturated/α-hetero) is 2. The number of likely N-dealkylation sites (N-methyl/N-ethyl adjacent to an activating group) is 1. The molecule has 2 aromatic rings. The van der Waals surface area contributed by atoms with Crippen LogP contribution in [0, 0.1) is 5.41 Å². The van der Waals surface area contributed by atoms with E-state index in [0.717, 1.165) is 23.1 Å². The summed E-state index contributed by atoms with van der Waals surface area (Å²) in [4.78, 5) is 38.6. The van der Waals surface area contributed by atoms with Crippen molar-refractivity contribution in [3.8, 4) is 11.1 Å². The van der Waals surface area contributed by atoms with E-state index in [1.54, 1.807) is 12.4 Å². The molecule has 0 saturated carbocycles. The third-order valence-electron chi connectivity index (χ3n) is 5.61. The van der Waals surface area contributed by atoms with E-state index >= 15 is 0 Å². The summed E-state index contributed by atoms with van der Waals surface area (Å²) in [7, 11) is 0. The number of aliphatic imine (C=N–C) groups is 1. The van der Waals surface area contributed by atoms with Gasteiger partial charge in [-0.2, -0.15) is 0 Å². The molecule has 2 heterocycles. The summed E-state index contributed by atoms with van der Waals surface area (Å²) in [5.41, 5.74) is 9.84. The largest absolute Gasteiger partial charge is 0.387 e. The summed E-state index contributed by atoms with van der Waals surface area (Å²) in [5.74, 6) is 0.369. The predicted octanol–water partition coefficient (Wildman–Crippen LogP) is 4.47. The number of ether oxygens (including phenoxy) is 1. The average Bonchev–Trinajstić information content (AvgIpc) is 2.99. The molecule has 8 heteroatoms. The number of hydrogen-bond donors (Lipinski definition) is 2. The lowest BCUT2D eigenvalue weighted by Crippen LogP contribution is -2.40. The van der Waals surface area contributed by atoms with Crippen molar-refractivity contribution in [1.29, 1.82) is 0 Å². The Morgan fingerprint density at radius 1 is 1.14 bits per heavy atom. The Labute approximate surface area is 207 Å². The quantitative estimate of drug-likeness (QED) is 0.383. The fourth-order valence-electron chi connectivity index (χ4n) is 3.70. The highest BCUT2D eigenvalue weighted by Gasteiger charge is 2.24. The number of carbonyl (C=O) groups excluding carboxylic acids is 2. The van der Waals surface area contributed by atoms with Crippen molar-refractivity contribution in [2.24, 2.45) is 16.1 Å². The molecule has 0 radical (unpaired) electrons. The van der Waals surface area contributed by atoms with Crippen molar-refractivity contribution >= 4 is 29.2 Å². The summed E-state index contributed by atoms with van der Waals surface area (Å²) in [6, 6.07) is 5.69. The number of carbonyl (C=O) groups is 2. The molecular weight excluding hydrogens is 442 g/mol. The Balaban J connectivity index is 1.84. The molecule has 0 bridgehead atoms. The molecule has 1 atom stereocenters. The summed E-state index contributed by atoms with van der Waals surface area (Å²) >= 11 is 0. The van der Waals surface area contributed by atoms with Crippen LogP contribution in [0.4, 0.5) is 5.69 Å². The number of nitrogens with one attached hydrogen (secondary N) is 1. The van der Waals surface area contributed by atoms with Gasteiger partial charge in [0.2, 0.25) is 5.78 Å². The molecule has 0 saturated heterocycles. The Morgan fingerprint density at radius 2 is 1.86 bits per heavy atom. The van der Waals surface area contributed by atoms with Gasteiger partial charge in [-0.25, -0.2) is 15.0 Å². The third-order valence-corrected chi connectivity index (χ3v) is 5.61. The van der Waals surface area contributed by atoms with Crippen molar-refractivity contribution in [2.45, 2.75) is 60.1 Å². The second-order valence-corrected chi connectivity index (χ2v) is 9.76. The number of hydrogen-bond acceptors (Lipinski definition) is 8. The van der Waals surface area contributed by atoms with Crippen LogP contribution in [0.15, 0.2) is 41.2 Å². The minimum Gasteiger partial charge on any atom is -0.387 e. The summed E-state index contributed by atoms with van der Waals surface area (Å²) in [6.07, 6.45) is 5.84. The van der Waals surface area contributed by atoms with Gasteiger partial charge in [0.15, 0.2) is 17.8 Å². The Kier molecular flexibility index (Phi) is 8.64. The fraction of sp³-hybridized carbons (Fsp3) is 0.444. The van der Waals surface area contributed by atoms with Crippen LogP contribution >= 0.6 is 0 Å². The lowest BCUT2D eigenvalue weighted by atomic mass is 9.89. The molecule has 1 aromatic heterocycles. The lowest BCUT2D eigenvalue weighted by Gasteiger charge is -2.17. The number of nitrogens with zero attached hydrogens (tertiary/aromatic N) is 3. The molecule has 0 aliphatic carbocycles. The van der Waals surface area contributed by atoms with Crippen LogP contribution in [0.2, 0.25) is 0 Å². The van der Waals surface area contributed by atoms with E-state index in [4.69, 9.17) is 10.5 Å². The zero-order chi connectivity index (χ0) is 25.6. The first-order valence-electron chi connectivity index (χ1n) is 12.0. The first kappa shape index (κ1) is 26.4. The van der Waals surface area contributed by atoms with Crippen molar-refractivity contribution in [3.05, 3.63) is 47.6 Å². The van der Waals surface area contributed by atoms with Gasteiger partial charge in [0.25, 0.3) is 0 Å². The highest BCUT2D eigenvalue weighted by molar-refractivity contribution is 6.08. The van der Waals surface area contributed by atoms with Gasteiger partial charge in [0, 0.05) is 48.5 Å². The van der Waals surface area contributed by atoms with E-state index in [-0.39, 0.29) is 29.2 Å². The van der Waals surface area contributed by atoms with Gasteiger partial charge in [-0.3, -0.25) is 14.9 Å². The van der Waals surface area contributed by atoms with Gasteiger partial charge in [0.1, 0.15) is 5.84 Å². The van der Waals surface area contributed by atoms with Crippen molar-refractivity contribution < 1.29 is 14.3 Å². The van der Waals surface area contributed by atoms with Crippen LogP contribution in [0.3, 0.4) is 0 Å². The van der Waals surface area contributed by atoms with E-state index in [9.17, 15) is 9.59 Å². The van der Waals surface area contributed by atoms with Gasteiger partial charge < -0.3 is 10.5 Å². The number of fused-ring (bicyclic) bond motifs is 1. The Bertz CT molecular complexity index is 1120. The van der Waals surface area contributed by atoms with Crippen LogP contribution < -0.4 is 11.1 Å². The summed E-state index contributed by atoms with van der Waals surface area (Å²) < 4.78 is 5.58. The molecule has 0 amide bonds. The summed E-state index contributed by atoms with van der Waals surface area (Å²) in [6.45, 7) is 11.1. The monoisotopic (exact) mass is 477 g/mol. The topological polar surface area (TPSA) is 120 Å². The van der Waals surface area contributed by atoms with E-state index in [2.05, 4.69) is 41.0 Å². The zero-order valence-electron chi connectivity index (χ0n) is 21.2. The van der Waals surface area contributed by atoms with Crippen LogP contribution in [-0.4, -0.2) is 46.7 Å². The van der Waals surface area contributed by atoms with Gasteiger partial charge >= 0.3 is 0 Å². The lowest BCUT2D eigenvalue weighted by molar-refractivity contribution is -0.128. The van der Waals surface area contributed by atoms with E-state index in [1.165, 1.54) is 0 Å². The maximum atomic E-state index is 13.1. The van der Waals surface area contributed by atoms with Crippen LogP contribution in [0.1, 0.15) is 70.1 Å². The van der Waals surface area contributed by atoms with Gasteiger partial charge in [-0.15, -0.1) is 0 Å². The molecule has 1 aliphatic rings. The Morgan fingerprint density at radius 3 is 2.49 bits per heavy atom. The fourth-order valence-corrected chi connectivity index (χ4v) is 3.70. The molecule has 186 valence electrons. The zero-order valence-corrected chi connectivity index (χ0v) is 21.2. The number of ketones is 2. The molecule has 0 spiro atoms. The predicted molar refractivity (Wildman–Crippen MR) is 138 cm³/mol. The SMILES string of the molecule is CCNC(OCC)C(=O)C1=Cc2ccc(-c3cnc(C(=O)CCC(C)(C)C)nc3)cc2N=C(N)C1. The number of nitrogens with two attached hydrogens (primary N) is 1. The first-order valence-corrected chi connectivity index (χ1v) is 12.0.